The van der Waals surface area contributed by atoms with Crippen molar-refractivity contribution in [2.75, 3.05) is 29.7 Å². The van der Waals surface area contributed by atoms with Crippen LogP contribution in [0.25, 0.3) is 0 Å². The van der Waals surface area contributed by atoms with Crippen LogP contribution in [-0.4, -0.2) is 35.1 Å². The summed E-state index contributed by atoms with van der Waals surface area (Å²) in [5, 5.41) is 0. The van der Waals surface area contributed by atoms with Gasteiger partial charge in [-0.25, -0.2) is 9.97 Å². The molecule has 0 spiro atoms. The molecule has 1 aromatic heterocycles. The highest BCUT2D eigenvalue weighted by atomic mass is 32.2. The maximum absolute atomic E-state index is 5.69. The van der Waals surface area contributed by atoms with Crippen molar-refractivity contribution < 1.29 is 0 Å². The number of aryl methyl sites for hydroxylation is 1. The van der Waals surface area contributed by atoms with Crippen molar-refractivity contribution in [3.05, 3.63) is 11.9 Å². The van der Waals surface area contributed by atoms with Gasteiger partial charge in [0.15, 0.2) is 0 Å². The van der Waals surface area contributed by atoms with E-state index in [2.05, 4.69) is 28.0 Å². The highest BCUT2D eigenvalue weighted by Crippen LogP contribution is 2.16. The van der Waals surface area contributed by atoms with Gasteiger partial charge in [-0.05, 0) is 20.1 Å². The van der Waals surface area contributed by atoms with Crippen molar-refractivity contribution in [2.24, 2.45) is 0 Å². The minimum absolute atomic E-state index is 0.439. The van der Waals surface area contributed by atoms with Crippen LogP contribution in [0.4, 0.5) is 11.6 Å². The molecule has 0 saturated carbocycles. The Morgan fingerprint density at radius 1 is 1.53 bits per heavy atom. The summed E-state index contributed by atoms with van der Waals surface area (Å²) in [7, 11) is 2.03. The Morgan fingerprint density at radius 3 is 2.73 bits per heavy atom. The van der Waals surface area contributed by atoms with Crippen molar-refractivity contribution in [1.29, 1.82) is 0 Å². The van der Waals surface area contributed by atoms with Gasteiger partial charge in [0.25, 0.3) is 0 Å². The van der Waals surface area contributed by atoms with Gasteiger partial charge in [0.05, 0.1) is 0 Å². The van der Waals surface area contributed by atoms with Crippen LogP contribution in [0, 0.1) is 6.92 Å². The third kappa shape index (κ3) is 3.27. The second-order valence-electron chi connectivity index (χ2n) is 3.61. The minimum atomic E-state index is 0.439. The molecule has 5 heteroatoms. The van der Waals surface area contributed by atoms with Crippen LogP contribution in [0.15, 0.2) is 6.07 Å². The molecular formula is C10H18N4S. The molecule has 2 N–H and O–H groups in total. The lowest BCUT2D eigenvalue weighted by molar-refractivity contribution is 0.749. The van der Waals surface area contributed by atoms with Crippen molar-refractivity contribution in [3.8, 4) is 0 Å². The van der Waals surface area contributed by atoms with E-state index in [1.165, 1.54) is 0 Å². The summed E-state index contributed by atoms with van der Waals surface area (Å²) in [6.07, 6.45) is 2.10. The number of rotatable bonds is 4. The Balaban J connectivity index is 2.85. The van der Waals surface area contributed by atoms with E-state index < -0.39 is 0 Å². The van der Waals surface area contributed by atoms with Crippen molar-refractivity contribution in [3.63, 3.8) is 0 Å². The molecule has 0 aliphatic rings. The highest BCUT2D eigenvalue weighted by molar-refractivity contribution is 7.98. The first-order valence-electron chi connectivity index (χ1n) is 4.87. The molecule has 0 amide bonds. The molecule has 0 radical (unpaired) electrons. The summed E-state index contributed by atoms with van der Waals surface area (Å²) in [6, 6.07) is 2.25. The average molecular weight is 226 g/mol. The Morgan fingerprint density at radius 2 is 2.20 bits per heavy atom. The molecule has 0 aliphatic heterocycles. The SMILES string of the molecule is CSCC(C)N(C)c1cc(N)nc(C)n1. The van der Waals surface area contributed by atoms with Gasteiger partial charge in [-0.2, -0.15) is 11.8 Å². The van der Waals surface area contributed by atoms with E-state index in [4.69, 9.17) is 5.73 Å². The van der Waals surface area contributed by atoms with Crippen molar-refractivity contribution in [2.45, 2.75) is 19.9 Å². The van der Waals surface area contributed by atoms with Gasteiger partial charge >= 0.3 is 0 Å². The molecule has 1 atom stereocenters. The molecule has 1 heterocycles. The Hall–Kier alpha value is -0.970. The number of nitrogen functional groups attached to an aromatic ring is 1. The van der Waals surface area contributed by atoms with Crippen LogP contribution in [-0.2, 0) is 0 Å². The van der Waals surface area contributed by atoms with E-state index in [0.29, 0.717) is 17.7 Å². The van der Waals surface area contributed by atoms with Crippen molar-refractivity contribution >= 4 is 23.4 Å². The fourth-order valence-corrected chi connectivity index (χ4v) is 2.04. The number of thioether (sulfide) groups is 1. The van der Waals surface area contributed by atoms with Gasteiger partial charge in [0.2, 0.25) is 0 Å². The van der Waals surface area contributed by atoms with Crippen LogP contribution in [0.5, 0.6) is 0 Å². The first kappa shape index (κ1) is 12.1. The third-order valence-electron chi connectivity index (χ3n) is 2.27. The lowest BCUT2D eigenvalue weighted by Gasteiger charge is -2.25. The maximum atomic E-state index is 5.69. The third-order valence-corrected chi connectivity index (χ3v) is 3.09. The summed E-state index contributed by atoms with van der Waals surface area (Å²) in [5.74, 6) is 3.20. The van der Waals surface area contributed by atoms with Gasteiger partial charge in [-0.15, -0.1) is 0 Å². The zero-order valence-corrected chi connectivity index (χ0v) is 10.5. The fourth-order valence-electron chi connectivity index (χ4n) is 1.33. The molecule has 1 unspecified atom stereocenters. The summed E-state index contributed by atoms with van der Waals surface area (Å²) in [6.45, 7) is 4.02. The molecule has 4 nitrogen and oxygen atoms in total. The zero-order chi connectivity index (χ0) is 11.4. The number of hydrogen-bond donors (Lipinski definition) is 1. The monoisotopic (exact) mass is 226 g/mol. The molecule has 0 saturated heterocycles. The second kappa shape index (κ2) is 5.21. The smallest absolute Gasteiger partial charge is 0.134 e. The number of nitrogens with two attached hydrogens (primary N) is 1. The van der Waals surface area contributed by atoms with E-state index in [1.54, 1.807) is 0 Å². The van der Waals surface area contributed by atoms with E-state index >= 15 is 0 Å². The fraction of sp³-hybridized carbons (Fsp3) is 0.600. The molecule has 15 heavy (non-hydrogen) atoms. The van der Waals surface area contributed by atoms with Crippen molar-refractivity contribution in [1.82, 2.24) is 9.97 Å². The summed E-state index contributed by atoms with van der Waals surface area (Å²) in [5.41, 5.74) is 5.69. The van der Waals surface area contributed by atoms with Crippen LogP contribution >= 0.6 is 11.8 Å². The van der Waals surface area contributed by atoms with E-state index in [-0.39, 0.29) is 0 Å². The second-order valence-corrected chi connectivity index (χ2v) is 4.52. The standard InChI is InChI=1S/C10H18N4S/c1-7(6-15-4)14(3)10-5-9(11)12-8(2)13-10/h5,7H,6H2,1-4H3,(H2,11,12,13). The number of hydrogen-bond acceptors (Lipinski definition) is 5. The first-order chi connectivity index (χ1) is 7.04. The topological polar surface area (TPSA) is 55.0 Å². The normalized spacial score (nSPS) is 12.5. The maximum Gasteiger partial charge on any atom is 0.134 e. The quantitative estimate of drug-likeness (QED) is 0.844. The van der Waals surface area contributed by atoms with E-state index in [0.717, 1.165) is 11.6 Å². The lowest BCUT2D eigenvalue weighted by Crippen LogP contribution is -2.31. The first-order valence-corrected chi connectivity index (χ1v) is 6.27. The minimum Gasteiger partial charge on any atom is -0.384 e. The van der Waals surface area contributed by atoms with Gasteiger partial charge in [0, 0.05) is 24.9 Å². The zero-order valence-electron chi connectivity index (χ0n) is 9.69. The molecule has 0 aromatic carbocycles. The van der Waals surface area contributed by atoms with Crippen LogP contribution in [0.2, 0.25) is 0 Å². The summed E-state index contributed by atoms with van der Waals surface area (Å²) in [4.78, 5) is 10.5. The largest absolute Gasteiger partial charge is 0.384 e. The van der Waals surface area contributed by atoms with E-state index in [1.807, 2.05) is 31.8 Å². The molecule has 0 aliphatic carbocycles. The van der Waals surface area contributed by atoms with Crippen LogP contribution in [0.1, 0.15) is 12.7 Å². The van der Waals surface area contributed by atoms with Gasteiger partial charge in [0.1, 0.15) is 17.5 Å². The van der Waals surface area contributed by atoms with E-state index in [9.17, 15) is 0 Å². The Labute approximate surface area is 95.3 Å². The molecule has 0 bridgehead atoms. The average Bonchev–Trinajstić information content (AvgIpc) is 2.15. The lowest BCUT2D eigenvalue weighted by atomic mass is 10.3. The summed E-state index contributed by atoms with van der Waals surface area (Å²) >= 11 is 1.82. The molecule has 84 valence electrons. The Bertz CT molecular complexity index is 309. The highest BCUT2D eigenvalue weighted by Gasteiger charge is 2.11. The Kier molecular flexibility index (Phi) is 4.20. The molecular weight excluding hydrogens is 208 g/mol. The number of aromatic nitrogens is 2. The van der Waals surface area contributed by atoms with Crippen LogP contribution < -0.4 is 10.6 Å². The van der Waals surface area contributed by atoms with Gasteiger partial charge in [-0.3, -0.25) is 0 Å². The molecule has 1 aromatic rings. The predicted octanol–water partition coefficient (Wildman–Crippen LogP) is 1.55. The van der Waals surface area contributed by atoms with Crippen LogP contribution in [0.3, 0.4) is 0 Å². The predicted molar refractivity (Wildman–Crippen MR) is 67.4 cm³/mol. The number of anilines is 2. The number of nitrogens with zero attached hydrogens (tertiary/aromatic N) is 3. The molecule has 1 rings (SSSR count). The summed E-state index contributed by atoms with van der Waals surface area (Å²) < 4.78 is 0. The van der Waals surface area contributed by atoms with Gasteiger partial charge in [-0.1, -0.05) is 0 Å². The molecule has 0 fully saturated rings. The van der Waals surface area contributed by atoms with Gasteiger partial charge < -0.3 is 10.6 Å².